The van der Waals surface area contributed by atoms with Gasteiger partial charge in [0.2, 0.25) is 0 Å². The molecule has 0 aliphatic heterocycles. The number of nitro benzene ring substituents is 1. The number of aryl methyl sites for hydroxylation is 1. The maximum absolute atomic E-state index is 10.8. The molecule has 0 aliphatic carbocycles. The molecule has 16 heavy (non-hydrogen) atoms. The predicted molar refractivity (Wildman–Crippen MR) is 61.9 cm³/mol. The zero-order chi connectivity index (χ0) is 10.9. The second-order valence-electron chi connectivity index (χ2n) is 2.68. The van der Waals surface area contributed by atoms with Crippen molar-refractivity contribution < 1.29 is 17.9 Å². The average molecular weight is 281 g/mol. The molecule has 6 nitrogen and oxygen atoms in total. The second kappa shape index (κ2) is 7.57. The number of hydrogen-bond acceptors (Lipinski definition) is 4. The van der Waals surface area contributed by atoms with E-state index in [9.17, 15) is 18.5 Å². The summed E-state index contributed by atoms with van der Waals surface area (Å²) in [6.45, 7) is 1.44. The van der Waals surface area contributed by atoms with Crippen LogP contribution in [0.4, 0.5) is 5.69 Å². The summed E-state index contributed by atoms with van der Waals surface area (Å²) in [5, 5.41) is 10.3. The van der Waals surface area contributed by atoms with Crippen LogP contribution in [0.1, 0.15) is 5.56 Å². The summed E-state index contributed by atoms with van der Waals surface area (Å²) >= 11 is 0. The van der Waals surface area contributed by atoms with Gasteiger partial charge >= 0.3 is 80.9 Å². The van der Waals surface area contributed by atoms with E-state index in [1.807, 2.05) is 0 Å². The SMILES string of the molecule is Cc1ccc([N+](=O)[O-])cc1S(=O)(=O)O.[KH].[NaH]. The first-order chi connectivity index (χ1) is 6.32. The van der Waals surface area contributed by atoms with E-state index in [1.54, 1.807) is 0 Å². The van der Waals surface area contributed by atoms with Crippen molar-refractivity contribution in [2.45, 2.75) is 11.8 Å². The van der Waals surface area contributed by atoms with Gasteiger partial charge in [-0.25, -0.2) is 0 Å². The Bertz CT molecular complexity index is 490. The Kier molecular flexibility index (Phi) is 9.23. The summed E-state index contributed by atoms with van der Waals surface area (Å²) in [6, 6.07) is 3.26. The van der Waals surface area contributed by atoms with Crippen molar-refractivity contribution in [1.29, 1.82) is 0 Å². The molecular weight excluding hydrogens is 272 g/mol. The number of nitrogens with zero attached hydrogens (tertiary/aromatic N) is 1. The molecule has 0 aliphatic rings. The van der Waals surface area contributed by atoms with Crippen LogP contribution < -0.4 is 0 Å². The zero-order valence-electron chi connectivity index (χ0n) is 7.17. The van der Waals surface area contributed by atoms with Crippen LogP contribution in [0.15, 0.2) is 23.1 Å². The summed E-state index contributed by atoms with van der Waals surface area (Å²) in [7, 11) is -4.39. The van der Waals surface area contributed by atoms with Crippen LogP contribution in [-0.4, -0.2) is 98.8 Å². The van der Waals surface area contributed by atoms with E-state index < -0.39 is 19.9 Å². The van der Waals surface area contributed by atoms with E-state index in [-0.39, 0.29) is 92.2 Å². The summed E-state index contributed by atoms with van der Waals surface area (Å²) in [4.78, 5) is 9.15. The molecule has 0 amide bonds. The van der Waals surface area contributed by atoms with Gasteiger partial charge in [-0.15, -0.1) is 0 Å². The van der Waals surface area contributed by atoms with Gasteiger partial charge in [0.1, 0.15) is 4.90 Å². The van der Waals surface area contributed by atoms with Crippen molar-refractivity contribution in [2.24, 2.45) is 0 Å². The third-order valence-corrected chi connectivity index (χ3v) is 2.66. The Hall–Kier alpha value is 1.17. The number of nitro groups is 1. The molecule has 0 spiro atoms. The fourth-order valence-electron chi connectivity index (χ4n) is 0.980. The average Bonchev–Trinajstić information content (AvgIpc) is 2.02. The molecule has 9 heteroatoms. The monoisotopic (exact) mass is 281 g/mol. The first-order valence-electron chi connectivity index (χ1n) is 3.55. The van der Waals surface area contributed by atoms with Crippen LogP contribution >= 0.6 is 0 Å². The van der Waals surface area contributed by atoms with Crippen LogP contribution in [0.5, 0.6) is 0 Å². The van der Waals surface area contributed by atoms with E-state index in [0.29, 0.717) is 0 Å². The predicted octanol–water partition coefficient (Wildman–Crippen LogP) is -0.147. The van der Waals surface area contributed by atoms with Crippen molar-refractivity contribution in [3.63, 3.8) is 0 Å². The van der Waals surface area contributed by atoms with Crippen LogP contribution in [-0.2, 0) is 10.1 Å². The quantitative estimate of drug-likeness (QED) is 0.352. The molecule has 0 bridgehead atoms. The van der Waals surface area contributed by atoms with E-state index in [2.05, 4.69) is 0 Å². The summed E-state index contributed by atoms with van der Waals surface area (Å²) in [6.07, 6.45) is 0. The normalized spacial score (nSPS) is 9.88. The second-order valence-corrected chi connectivity index (χ2v) is 4.07. The van der Waals surface area contributed by atoms with Gasteiger partial charge in [-0.2, -0.15) is 8.42 Å². The molecule has 80 valence electrons. The van der Waals surface area contributed by atoms with E-state index in [0.717, 1.165) is 6.07 Å². The van der Waals surface area contributed by atoms with Crippen LogP contribution in [0.3, 0.4) is 0 Å². The summed E-state index contributed by atoms with van der Waals surface area (Å²) in [5.41, 5.74) is -0.110. The molecule has 0 unspecified atom stereocenters. The minimum absolute atomic E-state index is 0. The number of non-ortho nitro benzene ring substituents is 1. The first-order valence-corrected chi connectivity index (χ1v) is 4.99. The van der Waals surface area contributed by atoms with Gasteiger partial charge in [-0.3, -0.25) is 14.7 Å². The number of benzene rings is 1. The van der Waals surface area contributed by atoms with Crippen molar-refractivity contribution in [3.05, 3.63) is 33.9 Å². The molecular formula is C7H9KNNaO5S. The van der Waals surface area contributed by atoms with Gasteiger partial charge < -0.3 is 0 Å². The van der Waals surface area contributed by atoms with Crippen LogP contribution in [0, 0.1) is 17.0 Å². The summed E-state index contributed by atoms with van der Waals surface area (Å²) in [5.74, 6) is 0. The van der Waals surface area contributed by atoms with Gasteiger partial charge in [0, 0.05) is 12.1 Å². The molecule has 0 aromatic heterocycles. The maximum atomic E-state index is 10.8. The Morgan fingerprint density at radius 3 is 2.25 bits per heavy atom. The molecule has 1 aromatic carbocycles. The number of hydrogen-bond donors (Lipinski definition) is 1. The third-order valence-electron chi connectivity index (χ3n) is 1.66. The zero-order valence-corrected chi connectivity index (χ0v) is 7.98. The van der Waals surface area contributed by atoms with Gasteiger partial charge in [-0.1, -0.05) is 6.07 Å². The van der Waals surface area contributed by atoms with E-state index in [1.165, 1.54) is 19.1 Å². The fraction of sp³-hybridized carbons (Fsp3) is 0.143. The summed E-state index contributed by atoms with van der Waals surface area (Å²) < 4.78 is 30.2. The standard InChI is InChI=1S/C7H7NO5S.K.Na.2H/c1-5-2-3-6(8(9)10)4-7(5)14(11,12)13;;;;/h2-4H,1H3,(H,11,12,13);;;;. The molecule has 0 heterocycles. The van der Waals surface area contributed by atoms with Gasteiger partial charge in [0.05, 0.1) is 4.92 Å². The van der Waals surface area contributed by atoms with Gasteiger partial charge in [0.15, 0.2) is 0 Å². The Labute approximate surface area is 157 Å². The topological polar surface area (TPSA) is 97.5 Å². The molecule has 0 saturated heterocycles. The minimum atomic E-state index is -4.39. The van der Waals surface area contributed by atoms with Crippen molar-refractivity contribution in [3.8, 4) is 0 Å². The molecule has 0 radical (unpaired) electrons. The third kappa shape index (κ3) is 5.21. The van der Waals surface area contributed by atoms with E-state index in [4.69, 9.17) is 4.55 Å². The Morgan fingerprint density at radius 1 is 1.38 bits per heavy atom. The molecule has 1 aromatic rings. The Balaban J connectivity index is 0. The van der Waals surface area contributed by atoms with E-state index >= 15 is 0 Å². The van der Waals surface area contributed by atoms with Crippen molar-refractivity contribution in [1.82, 2.24) is 0 Å². The molecule has 0 fully saturated rings. The number of rotatable bonds is 2. The molecule has 1 N–H and O–H groups in total. The van der Waals surface area contributed by atoms with Crippen LogP contribution in [0.2, 0.25) is 0 Å². The van der Waals surface area contributed by atoms with Crippen molar-refractivity contribution in [2.75, 3.05) is 0 Å². The van der Waals surface area contributed by atoms with Gasteiger partial charge in [-0.05, 0) is 12.5 Å². The van der Waals surface area contributed by atoms with Gasteiger partial charge in [0.25, 0.3) is 15.8 Å². The molecule has 0 saturated carbocycles. The molecule has 1 rings (SSSR count). The first kappa shape index (κ1) is 19.5. The van der Waals surface area contributed by atoms with Crippen molar-refractivity contribution >= 4 is 96.7 Å². The molecule has 0 atom stereocenters. The Morgan fingerprint density at radius 2 is 1.88 bits per heavy atom. The fourth-order valence-corrected chi connectivity index (χ4v) is 1.72. The van der Waals surface area contributed by atoms with Crippen LogP contribution in [0.25, 0.3) is 0 Å².